The first-order chi connectivity index (χ1) is 13.0. The number of hydrogen-bond acceptors (Lipinski definition) is 8. The Balaban J connectivity index is 2.03. The highest BCUT2D eigenvalue weighted by atomic mass is 79.9. The Bertz CT molecular complexity index is 815. The Kier molecular flexibility index (Phi) is 8.39. The van der Waals surface area contributed by atoms with E-state index >= 15 is 0 Å². The Hall–Kier alpha value is -1.78. The molecule has 0 saturated carbocycles. The molecule has 148 valence electrons. The molecule has 1 atom stereocenters. The lowest BCUT2D eigenvalue weighted by Crippen LogP contribution is -2.25. The second kappa shape index (κ2) is 10.5. The van der Waals surface area contributed by atoms with Gasteiger partial charge < -0.3 is 9.84 Å². The van der Waals surface area contributed by atoms with Crippen molar-refractivity contribution in [3.63, 3.8) is 0 Å². The Morgan fingerprint density at radius 3 is 2.85 bits per heavy atom. The number of aromatic nitrogens is 2. The van der Waals surface area contributed by atoms with Gasteiger partial charge in [0.1, 0.15) is 0 Å². The van der Waals surface area contributed by atoms with Crippen LogP contribution < -0.4 is 15.9 Å². The van der Waals surface area contributed by atoms with Crippen molar-refractivity contribution in [1.82, 2.24) is 20.9 Å². The van der Waals surface area contributed by atoms with E-state index in [2.05, 4.69) is 41.6 Å². The maximum atomic E-state index is 12.3. The van der Waals surface area contributed by atoms with Gasteiger partial charge in [-0.1, -0.05) is 28.9 Å². The average Bonchev–Trinajstić information content (AvgIpc) is 3.12. The first-order valence-electron chi connectivity index (χ1n) is 8.31. The molecule has 0 aliphatic carbocycles. The summed E-state index contributed by atoms with van der Waals surface area (Å²) in [5.74, 6) is 0.355. The van der Waals surface area contributed by atoms with Crippen molar-refractivity contribution in [2.45, 2.75) is 13.8 Å². The molecule has 1 aromatic heterocycles. The lowest BCUT2D eigenvalue weighted by molar-refractivity contribution is 0.234. The highest BCUT2D eigenvalue weighted by Gasteiger charge is 2.19. The summed E-state index contributed by atoms with van der Waals surface area (Å²) < 4.78 is 23.2. The van der Waals surface area contributed by atoms with E-state index in [0.717, 1.165) is 4.47 Å². The van der Waals surface area contributed by atoms with E-state index in [1.807, 2.05) is 17.6 Å². The van der Waals surface area contributed by atoms with Gasteiger partial charge >= 0.3 is 0 Å². The molecule has 1 aromatic carbocycles. The summed E-state index contributed by atoms with van der Waals surface area (Å²) in [7, 11) is -2.82. The Labute approximate surface area is 165 Å². The van der Waals surface area contributed by atoms with E-state index in [4.69, 9.17) is 9.15 Å². The average molecular weight is 461 g/mol. The second-order valence-corrected chi connectivity index (χ2v) is 8.73. The lowest BCUT2D eigenvalue weighted by atomic mass is 10.3. The molecule has 0 spiro atoms. The van der Waals surface area contributed by atoms with E-state index in [1.165, 1.54) is 0 Å². The quantitative estimate of drug-likeness (QED) is 0.138. The minimum absolute atomic E-state index is 0.0679. The van der Waals surface area contributed by atoms with Crippen LogP contribution in [0.3, 0.4) is 0 Å². The van der Waals surface area contributed by atoms with Crippen LogP contribution in [0.1, 0.15) is 19.5 Å². The van der Waals surface area contributed by atoms with Crippen molar-refractivity contribution in [2.75, 3.05) is 31.2 Å². The number of nitrogens with one attached hydrogen (secondary N) is 3. The third kappa shape index (κ3) is 6.40. The maximum Gasteiger partial charge on any atom is 0.269 e. The number of hydroxylamine groups is 1. The van der Waals surface area contributed by atoms with Gasteiger partial charge in [-0.3, -0.25) is 15.3 Å². The van der Waals surface area contributed by atoms with Crippen LogP contribution in [0.25, 0.3) is 0 Å². The topological polar surface area (TPSA) is 134 Å². The van der Waals surface area contributed by atoms with E-state index in [0.29, 0.717) is 31.5 Å². The molecule has 0 radical (unpaired) electrons. The van der Waals surface area contributed by atoms with Crippen LogP contribution in [0, 0.1) is 0 Å². The van der Waals surface area contributed by atoms with Crippen molar-refractivity contribution in [3.05, 3.63) is 34.4 Å². The van der Waals surface area contributed by atoms with Gasteiger partial charge in [-0.25, -0.2) is 14.7 Å². The number of halogens is 1. The predicted molar refractivity (Wildman–Crippen MR) is 106 cm³/mol. The van der Waals surface area contributed by atoms with Gasteiger partial charge in [0, 0.05) is 23.7 Å². The third-order valence-electron chi connectivity index (χ3n) is 3.39. The molecule has 2 rings (SSSR count). The highest BCUT2D eigenvalue weighted by Crippen LogP contribution is 2.40. The molecule has 0 bridgehead atoms. The largest absolute Gasteiger partial charge is 0.364 e. The van der Waals surface area contributed by atoms with Crippen LogP contribution in [0.2, 0.25) is 0 Å². The van der Waals surface area contributed by atoms with Gasteiger partial charge in [0.25, 0.3) is 7.52 Å². The Morgan fingerprint density at radius 1 is 1.37 bits per heavy atom. The van der Waals surface area contributed by atoms with Crippen molar-refractivity contribution >= 4 is 40.8 Å². The first kappa shape index (κ1) is 21.5. The third-order valence-corrected chi connectivity index (χ3v) is 6.10. The molecule has 12 heteroatoms. The summed E-state index contributed by atoms with van der Waals surface area (Å²) in [6, 6.07) is 7.22. The number of nitrogens with zero attached hydrogens (tertiary/aromatic N) is 3. The zero-order valence-corrected chi connectivity index (χ0v) is 17.5. The molecule has 0 saturated heterocycles. The van der Waals surface area contributed by atoms with Crippen molar-refractivity contribution in [1.29, 1.82) is 0 Å². The lowest BCUT2D eigenvalue weighted by Gasteiger charge is -2.17. The van der Waals surface area contributed by atoms with Gasteiger partial charge in [-0.15, -0.1) is 0 Å². The smallest absolute Gasteiger partial charge is 0.269 e. The van der Waals surface area contributed by atoms with E-state index in [9.17, 15) is 9.77 Å². The highest BCUT2D eigenvalue weighted by molar-refractivity contribution is 9.10. The monoisotopic (exact) mass is 460 g/mol. The number of amidine groups is 1. The van der Waals surface area contributed by atoms with Crippen molar-refractivity contribution < 1.29 is 18.9 Å². The number of hydrogen-bond donors (Lipinski definition) is 4. The number of rotatable bonds is 10. The molecule has 0 aliphatic heterocycles. The summed E-state index contributed by atoms with van der Waals surface area (Å²) in [6.07, 6.45) is 0.398. The van der Waals surface area contributed by atoms with Gasteiger partial charge in [0.15, 0.2) is 11.5 Å². The van der Waals surface area contributed by atoms with Gasteiger partial charge in [0.2, 0.25) is 5.82 Å². The summed E-state index contributed by atoms with van der Waals surface area (Å²) >= 11 is 3.36. The zero-order valence-electron chi connectivity index (χ0n) is 15.0. The molecule has 4 N–H and O–H groups in total. The van der Waals surface area contributed by atoms with Crippen LogP contribution >= 0.6 is 23.4 Å². The fraction of sp³-hybridized carbons (Fsp3) is 0.400. The Morgan fingerprint density at radius 2 is 2.19 bits per heavy atom. The molecular weight excluding hydrogens is 439 g/mol. The normalized spacial score (nSPS) is 14.0. The minimum Gasteiger partial charge on any atom is -0.364 e. The van der Waals surface area contributed by atoms with Gasteiger partial charge in [-0.2, -0.15) is 0 Å². The molecule has 2 aromatic rings. The molecule has 27 heavy (non-hydrogen) atoms. The molecule has 1 unspecified atom stereocenters. The standard InChI is InChI=1S/C15H22BrN6O4P/c1-3-25-27(24,4-2)18-9-8-17-14-13(21-26-22-14)15(20-23)19-12-7-5-6-11(16)10-12/h5-7,10,23H,3-4,8-9H2,1-2H3,(H,17,22)(H,18,24)(H,19,20). The van der Waals surface area contributed by atoms with E-state index in [-0.39, 0.29) is 17.3 Å². The summed E-state index contributed by atoms with van der Waals surface area (Å²) in [6.45, 7) is 4.73. The van der Waals surface area contributed by atoms with Gasteiger partial charge in [0.05, 0.1) is 12.3 Å². The number of benzene rings is 1. The van der Waals surface area contributed by atoms with Crippen LogP contribution in [-0.4, -0.2) is 47.2 Å². The summed E-state index contributed by atoms with van der Waals surface area (Å²) in [5, 5.41) is 22.9. The maximum absolute atomic E-state index is 12.3. The molecule has 0 fully saturated rings. The summed E-state index contributed by atoms with van der Waals surface area (Å²) in [5.41, 5.74) is 2.81. The molecule has 10 nitrogen and oxygen atoms in total. The minimum atomic E-state index is -2.82. The second-order valence-electron chi connectivity index (χ2n) is 5.26. The van der Waals surface area contributed by atoms with E-state index in [1.54, 1.807) is 26.0 Å². The van der Waals surface area contributed by atoms with E-state index < -0.39 is 7.52 Å². The molecule has 0 aliphatic rings. The predicted octanol–water partition coefficient (Wildman–Crippen LogP) is 3.14. The van der Waals surface area contributed by atoms with Crippen LogP contribution in [0.5, 0.6) is 0 Å². The zero-order chi connectivity index (χ0) is 19.7. The SMILES string of the molecule is CCOP(=O)(CC)NCCNc1nonc1C(=Nc1cccc(Br)c1)NO. The number of anilines is 1. The van der Waals surface area contributed by atoms with Crippen LogP contribution in [0.4, 0.5) is 11.5 Å². The van der Waals surface area contributed by atoms with Crippen molar-refractivity contribution in [2.24, 2.45) is 4.99 Å². The fourth-order valence-corrected chi connectivity index (χ4v) is 3.88. The van der Waals surface area contributed by atoms with Gasteiger partial charge in [-0.05, 0) is 35.4 Å². The molecule has 0 amide bonds. The van der Waals surface area contributed by atoms with Crippen LogP contribution in [-0.2, 0) is 9.09 Å². The molecule has 1 heterocycles. The number of aliphatic imine (C=N–C) groups is 1. The molecular formula is C15H22BrN6O4P. The van der Waals surface area contributed by atoms with Crippen molar-refractivity contribution in [3.8, 4) is 0 Å². The van der Waals surface area contributed by atoms with Crippen LogP contribution in [0.15, 0.2) is 38.4 Å². The summed E-state index contributed by atoms with van der Waals surface area (Å²) in [4.78, 5) is 4.29. The first-order valence-corrected chi connectivity index (χ1v) is 10.9. The fourth-order valence-electron chi connectivity index (χ4n) is 2.13.